The molecule has 0 bridgehead atoms. The van der Waals surface area contributed by atoms with E-state index in [1.165, 1.54) is 12.1 Å². The Hall–Kier alpha value is -2.89. The lowest BCUT2D eigenvalue weighted by molar-refractivity contribution is 0.0704. The molecule has 0 spiro atoms. The van der Waals surface area contributed by atoms with E-state index >= 15 is 0 Å². The van der Waals surface area contributed by atoms with Gasteiger partial charge in [-0.1, -0.05) is 0 Å². The van der Waals surface area contributed by atoms with Gasteiger partial charge in [0, 0.05) is 30.3 Å². The second kappa shape index (κ2) is 6.78. The summed E-state index contributed by atoms with van der Waals surface area (Å²) in [4.78, 5) is 14.6. The number of furan rings is 1. The summed E-state index contributed by atoms with van der Waals surface area (Å²) in [6, 6.07) is 10.0. The summed E-state index contributed by atoms with van der Waals surface area (Å²) in [5.74, 6) is 0.610. The van der Waals surface area contributed by atoms with Gasteiger partial charge in [0.1, 0.15) is 11.6 Å². The van der Waals surface area contributed by atoms with Gasteiger partial charge in [0.2, 0.25) is 0 Å². The number of hydrogen-bond donors (Lipinski definition) is 1. The van der Waals surface area contributed by atoms with Crippen LogP contribution in [0.5, 0.6) is 0 Å². The lowest BCUT2D eigenvalue weighted by Gasteiger charge is -2.32. The van der Waals surface area contributed by atoms with Crippen molar-refractivity contribution in [1.82, 2.24) is 15.1 Å². The van der Waals surface area contributed by atoms with Crippen LogP contribution in [0.4, 0.5) is 4.39 Å². The first-order valence-corrected chi connectivity index (χ1v) is 8.76. The van der Waals surface area contributed by atoms with Crippen LogP contribution in [0.1, 0.15) is 40.6 Å². The zero-order chi connectivity index (χ0) is 18.1. The van der Waals surface area contributed by atoms with Gasteiger partial charge in [0.25, 0.3) is 5.91 Å². The van der Waals surface area contributed by atoms with Crippen molar-refractivity contribution in [3.8, 4) is 11.3 Å². The van der Waals surface area contributed by atoms with Gasteiger partial charge in [0.05, 0.1) is 17.5 Å². The van der Waals surface area contributed by atoms with E-state index in [2.05, 4.69) is 10.2 Å². The Bertz CT molecular complexity index is 913. The van der Waals surface area contributed by atoms with E-state index in [1.54, 1.807) is 31.4 Å². The first kappa shape index (κ1) is 16.6. The standard InChI is InChI=1S/C20H20FN3O2/c1-13-17(8-10-26-13)20(25)24-9-2-3-15(12-24)19-11-18(22-23-19)14-4-6-16(21)7-5-14/h4-8,10-11,15H,2-3,9,12H2,1H3,(H,22,23)/t15-/m0/s1. The average Bonchev–Trinajstić information content (AvgIpc) is 3.31. The minimum atomic E-state index is -0.263. The normalized spacial score (nSPS) is 17.5. The minimum Gasteiger partial charge on any atom is -0.469 e. The molecule has 26 heavy (non-hydrogen) atoms. The Morgan fingerprint density at radius 1 is 1.31 bits per heavy atom. The van der Waals surface area contributed by atoms with Crippen molar-refractivity contribution < 1.29 is 13.6 Å². The van der Waals surface area contributed by atoms with Gasteiger partial charge in [-0.25, -0.2) is 4.39 Å². The summed E-state index contributed by atoms with van der Waals surface area (Å²) in [7, 11) is 0. The molecule has 1 aliphatic rings. The molecule has 134 valence electrons. The van der Waals surface area contributed by atoms with E-state index in [4.69, 9.17) is 4.42 Å². The molecule has 1 amide bonds. The van der Waals surface area contributed by atoms with E-state index in [0.717, 1.165) is 36.3 Å². The lowest BCUT2D eigenvalue weighted by atomic mass is 9.94. The number of carbonyl (C=O) groups excluding carboxylic acids is 1. The Kier molecular flexibility index (Phi) is 4.32. The van der Waals surface area contributed by atoms with Crippen molar-refractivity contribution >= 4 is 5.91 Å². The van der Waals surface area contributed by atoms with Crippen LogP contribution in [0.2, 0.25) is 0 Å². The quantitative estimate of drug-likeness (QED) is 0.770. The van der Waals surface area contributed by atoms with Crippen LogP contribution in [0, 0.1) is 12.7 Å². The van der Waals surface area contributed by atoms with Crippen molar-refractivity contribution in [2.45, 2.75) is 25.7 Å². The molecule has 1 atom stereocenters. The predicted octanol–water partition coefficient (Wildman–Crippen LogP) is 4.14. The summed E-state index contributed by atoms with van der Waals surface area (Å²) < 4.78 is 18.3. The molecule has 1 aliphatic heterocycles. The number of carbonyl (C=O) groups is 1. The lowest BCUT2D eigenvalue weighted by Crippen LogP contribution is -2.39. The smallest absolute Gasteiger partial charge is 0.257 e. The summed E-state index contributed by atoms with van der Waals surface area (Å²) in [6.07, 6.45) is 3.49. The maximum absolute atomic E-state index is 13.1. The first-order chi connectivity index (χ1) is 12.6. The van der Waals surface area contributed by atoms with E-state index in [9.17, 15) is 9.18 Å². The summed E-state index contributed by atoms with van der Waals surface area (Å²) in [5.41, 5.74) is 3.29. The Labute approximate surface area is 150 Å². The number of piperidine rings is 1. The van der Waals surface area contributed by atoms with Crippen molar-refractivity contribution in [2.24, 2.45) is 0 Å². The van der Waals surface area contributed by atoms with Crippen LogP contribution in [-0.2, 0) is 0 Å². The molecule has 2 aromatic heterocycles. The second-order valence-corrected chi connectivity index (χ2v) is 6.70. The number of likely N-dealkylation sites (tertiary alicyclic amines) is 1. The third-order valence-electron chi connectivity index (χ3n) is 4.98. The second-order valence-electron chi connectivity index (χ2n) is 6.70. The molecule has 3 heterocycles. The van der Waals surface area contributed by atoms with Gasteiger partial charge in [-0.3, -0.25) is 9.89 Å². The number of halogens is 1. The van der Waals surface area contributed by atoms with Gasteiger partial charge in [-0.15, -0.1) is 0 Å². The fourth-order valence-corrected chi connectivity index (χ4v) is 3.51. The number of amides is 1. The highest BCUT2D eigenvalue weighted by Gasteiger charge is 2.28. The number of aromatic nitrogens is 2. The van der Waals surface area contributed by atoms with Gasteiger partial charge >= 0.3 is 0 Å². The molecule has 0 radical (unpaired) electrons. The van der Waals surface area contributed by atoms with Crippen LogP contribution in [0.25, 0.3) is 11.3 Å². The Morgan fingerprint density at radius 3 is 2.85 bits per heavy atom. The van der Waals surface area contributed by atoms with Crippen molar-refractivity contribution in [2.75, 3.05) is 13.1 Å². The number of aromatic amines is 1. The van der Waals surface area contributed by atoms with Gasteiger partial charge in [0.15, 0.2) is 0 Å². The molecule has 1 fully saturated rings. The summed E-state index contributed by atoms with van der Waals surface area (Å²) >= 11 is 0. The maximum Gasteiger partial charge on any atom is 0.257 e. The Balaban J connectivity index is 1.51. The van der Waals surface area contributed by atoms with Crippen molar-refractivity contribution in [1.29, 1.82) is 0 Å². The highest BCUT2D eigenvalue weighted by molar-refractivity contribution is 5.95. The van der Waals surface area contributed by atoms with Crippen LogP contribution in [0.3, 0.4) is 0 Å². The van der Waals surface area contributed by atoms with Crippen LogP contribution in [-0.4, -0.2) is 34.1 Å². The summed E-state index contributed by atoms with van der Waals surface area (Å²) in [6.45, 7) is 3.20. The molecule has 6 heteroatoms. The number of nitrogens with zero attached hydrogens (tertiary/aromatic N) is 2. The van der Waals surface area contributed by atoms with E-state index in [-0.39, 0.29) is 17.6 Å². The van der Waals surface area contributed by atoms with E-state index in [1.807, 2.05) is 11.0 Å². The molecule has 1 N–H and O–H groups in total. The van der Waals surface area contributed by atoms with Crippen molar-refractivity contribution in [3.05, 3.63) is 65.5 Å². The first-order valence-electron chi connectivity index (χ1n) is 8.76. The van der Waals surface area contributed by atoms with E-state index < -0.39 is 0 Å². The molecule has 0 aliphatic carbocycles. The van der Waals surface area contributed by atoms with E-state index in [0.29, 0.717) is 17.9 Å². The maximum atomic E-state index is 13.1. The Morgan fingerprint density at radius 2 is 2.12 bits per heavy atom. The number of H-pyrrole nitrogens is 1. The number of hydrogen-bond acceptors (Lipinski definition) is 3. The third-order valence-corrected chi connectivity index (χ3v) is 4.98. The highest BCUT2D eigenvalue weighted by atomic mass is 19.1. The topological polar surface area (TPSA) is 62.1 Å². The predicted molar refractivity (Wildman–Crippen MR) is 95.3 cm³/mol. The SMILES string of the molecule is Cc1occc1C(=O)N1CCC[C@H](c2cc(-c3ccc(F)cc3)n[nH]2)C1. The minimum absolute atomic E-state index is 0.0132. The molecule has 1 aromatic carbocycles. The summed E-state index contributed by atoms with van der Waals surface area (Å²) in [5, 5.41) is 7.45. The average molecular weight is 353 g/mol. The zero-order valence-corrected chi connectivity index (χ0v) is 14.5. The fourth-order valence-electron chi connectivity index (χ4n) is 3.51. The fraction of sp³-hybridized carbons (Fsp3) is 0.300. The van der Waals surface area contributed by atoms with Crippen LogP contribution in [0.15, 0.2) is 47.1 Å². The highest BCUT2D eigenvalue weighted by Crippen LogP contribution is 2.29. The van der Waals surface area contributed by atoms with Gasteiger partial charge in [-0.05, 0) is 56.2 Å². The largest absolute Gasteiger partial charge is 0.469 e. The number of benzene rings is 1. The molecule has 4 rings (SSSR count). The van der Waals surface area contributed by atoms with Gasteiger partial charge in [-0.2, -0.15) is 5.10 Å². The van der Waals surface area contributed by atoms with Gasteiger partial charge < -0.3 is 9.32 Å². The number of rotatable bonds is 3. The molecular weight excluding hydrogens is 333 g/mol. The third kappa shape index (κ3) is 3.14. The molecule has 1 saturated heterocycles. The molecular formula is C20H20FN3O2. The molecule has 0 unspecified atom stereocenters. The number of aryl methyl sites for hydroxylation is 1. The number of nitrogens with one attached hydrogen (secondary N) is 1. The van der Waals surface area contributed by atoms with Crippen LogP contribution < -0.4 is 0 Å². The molecule has 0 saturated carbocycles. The molecule has 5 nitrogen and oxygen atoms in total. The monoisotopic (exact) mass is 353 g/mol. The van der Waals surface area contributed by atoms with Crippen LogP contribution >= 0.6 is 0 Å². The zero-order valence-electron chi connectivity index (χ0n) is 14.5. The molecule has 3 aromatic rings. The van der Waals surface area contributed by atoms with Crippen molar-refractivity contribution in [3.63, 3.8) is 0 Å².